The molecule has 6 nitrogen and oxygen atoms in total. The number of pyridine rings is 1. The minimum absolute atomic E-state index is 0.00802. The van der Waals surface area contributed by atoms with Gasteiger partial charge in [0.2, 0.25) is 0 Å². The Kier molecular flexibility index (Phi) is 5.24. The molecule has 4 heterocycles. The third-order valence-electron chi connectivity index (χ3n) is 5.63. The van der Waals surface area contributed by atoms with Gasteiger partial charge in [-0.15, -0.1) is 11.3 Å². The first kappa shape index (κ1) is 21.3. The minimum Gasteiger partial charge on any atom is -0.333 e. The average molecular weight is 470 g/mol. The highest BCUT2D eigenvalue weighted by molar-refractivity contribution is 7.18. The molecule has 0 unspecified atom stereocenters. The van der Waals surface area contributed by atoms with Crippen LogP contribution in [-0.4, -0.2) is 31.9 Å². The first-order valence-electron chi connectivity index (χ1n) is 10.2. The maximum atomic E-state index is 13.2. The van der Waals surface area contributed by atoms with Crippen LogP contribution in [0.4, 0.5) is 13.2 Å². The van der Waals surface area contributed by atoms with E-state index in [1.165, 1.54) is 39.3 Å². The van der Waals surface area contributed by atoms with Gasteiger partial charge in [-0.1, -0.05) is 12.1 Å². The summed E-state index contributed by atoms with van der Waals surface area (Å²) in [7, 11) is 0. The zero-order valence-electron chi connectivity index (χ0n) is 17.2. The van der Waals surface area contributed by atoms with Gasteiger partial charge in [0.1, 0.15) is 4.83 Å². The summed E-state index contributed by atoms with van der Waals surface area (Å²) in [6.07, 6.45) is 0.781. The fourth-order valence-electron chi connectivity index (χ4n) is 4.00. The summed E-state index contributed by atoms with van der Waals surface area (Å²) in [6.45, 7) is 0.888. The van der Waals surface area contributed by atoms with Crippen LogP contribution in [0.3, 0.4) is 0 Å². The average Bonchev–Trinajstić information content (AvgIpc) is 3.19. The third kappa shape index (κ3) is 4.02. The number of nitrogens with zero attached hydrogens (tertiary/aromatic N) is 4. The number of carbonyl (C=O) groups is 1. The smallest absolute Gasteiger partial charge is 0.333 e. The molecular formula is C23H17F3N4O2S. The SMILES string of the molecule is O=C(c1cccc(C(F)(F)F)c1)N1CCc2c(sc3ncn(Cc4cccnc4)c(=O)c23)C1. The Morgan fingerprint density at radius 2 is 2.03 bits per heavy atom. The Hall–Kier alpha value is -3.53. The summed E-state index contributed by atoms with van der Waals surface area (Å²) in [6, 6.07) is 8.12. The highest BCUT2D eigenvalue weighted by Gasteiger charge is 2.32. The van der Waals surface area contributed by atoms with Crippen molar-refractivity contribution in [2.24, 2.45) is 0 Å². The van der Waals surface area contributed by atoms with Crippen molar-refractivity contribution in [3.05, 3.63) is 92.6 Å². The molecule has 0 aliphatic carbocycles. The molecule has 10 heteroatoms. The van der Waals surface area contributed by atoms with Crippen LogP contribution in [-0.2, 0) is 25.7 Å². The molecule has 1 aliphatic rings. The standard InChI is InChI=1S/C23H17F3N4O2S/c24-23(25,26)16-5-1-4-15(9-16)21(31)29-8-6-17-18(12-29)33-20-19(17)22(32)30(13-28-20)11-14-3-2-7-27-10-14/h1-5,7,9-10,13H,6,8,11-12H2. The summed E-state index contributed by atoms with van der Waals surface area (Å²) < 4.78 is 40.6. The van der Waals surface area contributed by atoms with E-state index < -0.39 is 17.6 Å². The van der Waals surface area contributed by atoms with E-state index in [1.807, 2.05) is 6.07 Å². The second-order valence-electron chi connectivity index (χ2n) is 7.78. The van der Waals surface area contributed by atoms with Crippen LogP contribution in [0.25, 0.3) is 10.2 Å². The van der Waals surface area contributed by atoms with Gasteiger partial charge in [0.05, 0.1) is 30.4 Å². The number of thiophene rings is 1. The second-order valence-corrected chi connectivity index (χ2v) is 8.86. The zero-order valence-corrected chi connectivity index (χ0v) is 18.0. The van der Waals surface area contributed by atoms with Crippen molar-refractivity contribution < 1.29 is 18.0 Å². The van der Waals surface area contributed by atoms with E-state index >= 15 is 0 Å². The predicted molar refractivity (Wildman–Crippen MR) is 117 cm³/mol. The van der Waals surface area contributed by atoms with Crippen molar-refractivity contribution in [2.45, 2.75) is 25.7 Å². The number of fused-ring (bicyclic) bond motifs is 3. The van der Waals surface area contributed by atoms with Crippen LogP contribution in [0.2, 0.25) is 0 Å². The van der Waals surface area contributed by atoms with Gasteiger partial charge < -0.3 is 4.90 Å². The van der Waals surface area contributed by atoms with E-state index in [9.17, 15) is 22.8 Å². The number of carbonyl (C=O) groups excluding carboxylic acids is 1. The largest absolute Gasteiger partial charge is 0.416 e. The van der Waals surface area contributed by atoms with Gasteiger partial charge >= 0.3 is 6.18 Å². The molecule has 0 spiro atoms. The van der Waals surface area contributed by atoms with Gasteiger partial charge in [-0.3, -0.25) is 19.1 Å². The summed E-state index contributed by atoms with van der Waals surface area (Å²) in [5.41, 5.74) is 0.723. The fraction of sp³-hybridized carbons (Fsp3) is 0.217. The van der Waals surface area contributed by atoms with E-state index in [-0.39, 0.29) is 17.7 Å². The molecule has 1 amide bonds. The Labute approximate surface area is 189 Å². The number of amides is 1. The van der Waals surface area contributed by atoms with E-state index in [4.69, 9.17) is 0 Å². The molecule has 0 fully saturated rings. The number of aromatic nitrogens is 3. The highest BCUT2D eigenvalue weighted by atomic mass is 32.1. The summed E-state index contributed by atoms with van der Waals surface area (Å²) in [4.78, 5) is 37.5. The minimum atomic E-state index is -4.52. The quantitative estimate of drug-likeness (QED) is 0.452. The van der Waals surface area contributed by atoms with Gasteiger partial charge in [-0.25, -0.2) is 4.98 Å². The van der Waals surface area contributed by atoms with Crippen LogP contribution >= 0.6 is 11.3 Å². The van der Waals surface area contributed by atoms with Crippen molar-refractivity contribution in [3.8, 4) is 0 Å². The van der Waals surface area contributed by atoms with Crippen LogP contribution in [0.5, 0.6) is 0 Å². The van der Waals surface area contributed by atoms with Crippen LogP contribution in [0.1, 0.15) is 31.9 Å². The molecule has 0 atom stereocenters. The molecule has 4 aromatic rings. The number of rotatable bonds is 3. The molecule has 0 saturated carbocycles. The molecule has 0 radical (unpaired) electrons. The topological polar surface area (TPSA) is 68.1 Å². The second kappa shape index (κ2) is 8.11. The van der Waals surface area contributed by atoms with E-state index in [2.05, 4.69) is 9.97 Å². The summed E-state index contributed by atoms with van der Waals surface area (Å²) in [5, 5.41) is 0.549. The molecule has 0 N–H and O–H groups in total. The Balaban J connectivity index is 1.44. The van der Waals surface area contributed by atoms with E-state index in [1.54, 1.807) is 18.5 Å². The number of benzene rings is 1. The highest BCUT2D eigenvalue weighted by Crippen LogP contribution is 2.34. The third-order valence-corrected chi connectivity index (χ3v) is 6.75. The first-order chi connectivity index (χ1) is 15.8. The van der Waals surface area contributed by atoms with Gasteiger partial charge in [0.25, 0.3) is 11.5 Å². The first-order valence-corrected chi connectivity index (χ1v) is 11.0. The predicted octanol–water partition coefficient (Wildman–Crippen LogP) is 4.12. The molecule has 5 rings (SSSR count). The van der Waals surface area contributed by atoms with E-state index in [0.29, 0.717) is 29.7 Å². The van der Waals surface area contributed by atoms with Crippen molar-refractivity contribution in [3.63, 3.8) is 0 Å². The molecule has 0 saturated heterocycles. The number of halogens is 3. The monoisotopic (exact) mass is 470 g/mol. The van der Waals surface area contributed by atoms with Gasteiger partial charge in [0, 0.05) is 29.4 Å². The normalized spacial score (nSPS) is 13.8. The number of hydrogen-bond donors (Lipinski definition) is 0. The Bertz CT molecular complexity index is 1410. The summed E-state index contributed by atoms with van der Waals surface area (Å²) in [5.74, 6) is -0.467. The lowest BCUT2D eigenvalue weighted by Crippen LogP contribution is -2.35. The Morgan fingerprint density at radius 3 is 2.79 bits per heavy atom. The maximum absolute atomic E-state index is 13.2. The summed E-state index contributed by atoms with van der Waals surface area (Å²) >= 11 is 1.34. The Morgan fingerprint density at radius 1 is 1.18 bits per heavy atom. The van der Waals surface area contributed by atoms with Crippen LogP contribution in [0.15, 0.2) is 59.9 Å². The zero-order chi connectivity index (χ0) is 23.2. The molecule has 0 bridgehead atoms. The van der Waals surface area contributed by atoms with Gasteiger partial charge in [-0.2, -0.15) is 13.2 Å². The molecule has 3 aromatic heterocycles. The number of hydrogen-bond acceptors (Lipinski definition) is 5. The van der Waals surface area contributed by atoms with Crippen molar-refractivity contribution in [2.75, 3.05) is 6.54 Å². The molecular weight excluding hydrogens is 453 g/mol. The lowest BCUT2D eigenvalue weighted by atomic mass is 10.0. The lowest BCUT2D eigenvalue weighted by Gasteiger charge is -2.27. The van der Waals surface area contributed by atoms with Crippen molar-refractivity contribution >= 4 is 27.5 Å². The maximum Gasteiger partial charge on any atom is 0.416 e. The van der Waals surface area contributed by atoms with Gasteiger partial charge in [0.15, 0.2) is 0 Å². The fourth-order valence-corrected chi connectivity index (χ4v) is 5.20. The molecule has 1 aromatic carbocycles. The van der Waals surface area contributed by atoms with Crippen LogP contribution in [0, 0.1) is 0 Å². The lowest BCUT2D eigenvalue weighted by molar-refractivity contribution is -0.137. The molecule has 1 aliphatic heterocycles. The van der Waals surface area contributed by atoms with Gasteiger partial charge in [-0.05, 0) is 41.8 Å². The molecule has 168 valence electrons. The van der Waals surface area contributed by atoms with Crippen LogP contribution < -0.4 is 5.56 Å². The van der Waals surface area contributed by atoms with E-state index in [0.717, 1.165) is 28.1 Å². The van der Waals surface area contributed by atoms with Crippen molar-refractivity contribution in [1.82, 2.24) is 19.4 Å². The van der Waals surface area contributed by atoms with Crippen molar-refractivity contribution in [1.29, 1.82) is 0 Å². The number of alkyl halides is 3. The molecule has 33 heavy (non-hydrogen) atoms.